The van der Waals surface area contributed by atoms with Crippen molar-refractivity contribution in [2.45, 2.75) is 98.3 Å². The molecule has 1 unspecified atom stereocenters. The minimum Gasteiger partial charge on any atom is -0.497 e. The van der Waals surface area contributed by atoms with E-state index in [0.717, 1.165) is 11.1 Å². The number of methoxy groups -OCH3 is 1. The van der Waals surface area contributed by atoms with Crippen LogP contribution >= 0.6 is 0 Å². The van der Waals surface area contributed by atoms with Crippen molar-refractivity contribution < 1.29 is 58.3 Å². The minimum absolute atomic E-state index is 0.0151. The van der Waals surface area contributed by atoms with Crippen LogP contribution in [0.25, 0.3) is 0 Å². The zero-order valence-corrected chi connectivity index (χ0v) is 40.6. The fourth-order valence-corrected chi connectivity index (χ4v) is 9.95. The molecule has 12 nitrogen and oxygen atoms in total. The molecule has 11 atom stereocenters. The maximum Gasteiger partial charge on any atom is 0.190 e. The van der Waals surface area contributed by atoms with Gasteiger partial charge in [0.15, 0.2) is 18.2 Å². The van der Waals surface area contributed by atoms with Crippen molar-refractivity contribution in [1.29, 1.82) is 0 Å². The van der Waals surface area contributed by atoms with Crippen LogP contribution in [0, 0.1) is 0 Å². The van der Waals surface area contributed by atoms with Gasteiger partial charge in [-0.2, -0.15) is 0 Å². The summed E-state index contributed by atoms with van der Waals surface area (Å²) < 4.78 is 52.8. The number of hydrogen-bond donors (Lipinski definition) is 4. The Morgan fingerprint density at radius 1 is 0.542 bits per heavy atom. The van der Waals surface area contributed by atoms with Crippen LogP contribution in [-0.4, -0.2) is 113 Å². The second-order valence-corrected chi connectivity index (χ2v) is 18.4. The van der Waals surface area contributed by atoms with E-state index in [4.69, 9.17) is 37.9 Å². The summed E-state index contributed by atoms with van der Waals surface area (Å²) in [6.07, 6.45) is -7.93. The molecule has 4 N–H and O–H groups in total. The molecule has 0 aliphatic carbocycles. The molecule has 0 amide bonds. The maximum absolute atomic E-state index is 14.2. The monoisotopic (exact) mass is 978 g/mol. The van der Waals surface area contributed by atoms with Crippen molar-refractivity contribution in [3.05, 3.63) is 229 Å². The van der Waals surface area contributed by atoms with Crippen molar-refractivity contribution in [2.75, 3.05) is 26.9 Å². The van der Waals surface area contributed by atoms with Crippen molar-refractivity contribution in [1.82, 2.24) is 0 Å². The number of aliphatic hydroxyl groups is 4. The minimum atomic E-state index is -2.54. The molecule has 8 rings (SSSR count). The van der Waals surface area contributed by atoms with Crippen LogP contribution in [-0.2, 0) is 60.7 Å². The molecule has 2 aliphatic rings. The molecule has 0 radical (unpaired) electrons. The van der Waals surface area contributed by atoms with E-state index in [9.17, 15) is 20.4 Å². The topological polar surface area (TPSA) is 155 Å². The molecule has 0 saturated carbocycles. The van der Waals surface area contributed by atoms with Crippen molar-refractivity contribution in [3.63, 3.8) is 0 Å². The van der Waals surface area contributed by atoms with E-state index in [-0.39, 0.29) is 52.1 Å². The second-order valence-electron chi connectivity index (χ2n) is 18.4. The van der Waals surface area contributed by atoms with Gasteiger partial charge in [-0.3, -0.25) is 0 Å². The average Bonchev–Trinajstić information content (AvgIpc) is 3.41. The lowest BCUT2D eigenvalue weighted by Crippen LogP contribution is -2.84. The molecule has 72 heavy (non-hydrogen) atoms. The van der Waals surface area contributed by atoms with E-state index < -0.39 is 66.0 Å². The smallest absolute Gasteiger partial charge is 0.190 e. The van der Waals surface area contributed by atoms with Gasteiger partial charge in [0, 0.05) is 25.7 Å². The SMILES string of the molecule is C=CCO[C@H]1O[C@H](COc2ccc(OC)cc2)[C@@H](OCC=C)[C@H](O[C@@H]2O[C@H](C(O)Cc3ccccc3)[C@](O)(Cc3ccccc3)[C@@](O)(Cc3ccccc3)[C@]2(O)Cc2ccccc2)[C@H]1OCc1ccccc1. The molecular weight excluding hydrogens is 913 g/mol. The Kier molecular flexibility index (Phi) is 17.9. The lowest BCUT2D eigenvalue weighted by atomic mass is 9.58. The van der Waals surface area contributed by atoms with E-state index in [1.54, 1.807) is 43.5 Å². The van der Waals surface area contributed by atoms with Gasteiger partial charge in [-0.05, 0) is 52.1 Å². The van der Waals surface area contributed by atoms with Crippen LogP contribution in [0.4, 0.5) is 0 Å². The van der Waals surface area contributed by atoms with Crippen LogP contribution in [0.15, 0.2) is 201 Å². The Hall–Kier alpha value is -6.00. The van der Waals surface area contributed by atoms with Crippen LogP contribution in [0.2, 0.25) is 0 Å². The number of benzene rings is 6. The number of aliphatic hydroxyl groups excluding tert-OH is 1. The molecule has 0 bridgehead atoms. The zero-order valence-electron chi connectivity index (χ0n) is 40.6. The predicted molar refractivity (Wildman–Crippen MR) is 273 cm³/mol. The van der Waals surface area contributed by atoms with Gasteiger partial charge in [0.25, 0.3) is 0 Å². The molecule has 0 spiro atoms. The molecule has 378 valence electrons. The quantitative estimate of drug-likeness (QED) is 0.0438. The summed E-state index contributed by atoms with van der Waals surface area (Å²) in [7, 11) is 1.59. The van der Waals surface area contributed by atoms with Gasteiger partial charge >= 0.3 is 0 Å². The van der Waals surface area contributed by atoms with E-state index in [1.165, 1.54) is 0 Å². The van der Waals surface area contributed by atoms with Gasteiger partial charge in [-0.15, -0.1) is 13.2 Å². The first-order chi connectivity index (χ1) is 35.1. The molecule has 0 aromatic heterocycles. The average molecular weight is 979 g/mol. The number of rotatable bonds is 24. The Bertz CT molecular complexity index is 2550. The highest BCUT2D eigenvalue weighted by Crippen LogP contribution is 2.52. The summed E-state index contributed by atoms with van der Waals surface area (Å²) in [5.41, 5.74) is -4.01. The van der Waals surface area contributed by atoms with Gasteiger partial charge in [0.2, 0.25) is 0 Å². The molecule has 6 aromatic carbocycles. The van der Waals surface area contributed by atoms with Gasteiger partial charge < -0.3 is 58.3 Å². The first-order valence-electron chi connectivity index (χ1n) is 24.4. The zero-order chi connectivity index (χ0) is 50.4. The van der Waals surface area contributed by atoms with Crippen LogP contribution in [0.3, 0.4) is 0 Å². The summed E-state index contributed by atoms with van der Waals surface area (Å²) in [5.74, 6) is 1.18. The maximum atomic E-state index is 14.2. The number of ether oxygens (including phenoxy) is 8. The highest BCUT2D eigenvalue weighted by atomic mass is 16.8. The van der Waals surface area contributed by atoms with Gasteiger partial charge in [-0.25, -0.2) is 0 Å². The molecule has 6 aromatic rings. The first-order valence-corrected chi connectivity index (χ1v) is 24.4. The summed E-state index contributed by atoms with van der Waals surface area (Å²) in [4.78, 5) is 0. The van der Waals surface area contributed by atoms with E-state index >= 15 is 0 Å². The lowest BCUT2D eigenvalue weighted by molar-refractivity contribution is -0.428. The van der Waals surface area contributed by atoms with Crippen molar-refractivity contribution >= 4 is 0 Å². The third-order valence-electron chi connectivity index (χ3n) is 13.6. The predicted octanol–water partition coefficient (Wildman–Crippen LogP) is 7.79. The Labute approximate surface area is 422 Å². The molecular formula is C60H66O12. The van der Waals surface area contributed by atoms with Crippen molar-refractivity contribution in [3.8, 4) is 11.5 Å². The Morgan fingerprint density at radius 2 is 1.03 bits per heavy atom. The first kappa shape index (κ1) is 52.3. The third-order valence-corrected chi connectivity index (χ3v) is 13.6. The lowest BCUT2D eigenvalue weighted by Gasteiger charge is -2.62. The highest BCUT2D eigenvalue weighted by Gasteiger charge is 2.73. The largest absolute Gasteiger partial charge is 0.497 e. The fraction of sp³-hybridized carbons (Fsp3) is 0.333. The highest BCUT2D eigenvalue weighted by molar-refractivity contribution is 5.34. The normalized spacial score (nSPS) is 27.6. The van der Waals surface area contributed by atoms with E-state index in [0.29, 0.717) is 28.2 Å². The van der Waals surface area contributed by atoms with Crippen LogP contribution in [0.5, 0.6) is 11.5 Å². The standard InChI is InChI=1S/C60H66O12/c1-4-35-66-52-51(42-68-49-33-31-48(65-3)32-34-49)70-56(67-36-5-2)54(69-41-47-29-19-10-20-30-47)53(52)71-57-59(63,39-45-25-15-8-16-26-45)60(64,40-46-27-17-9-18-28-46)58(62,38-44-23-13-7-14-24-44)55(72-57)50(61)37-43-21-11-6-12-22-43/h4-34,50-57,61-64H,1-2,35-42H2,3H3/t50?,51-,52-,53+,54-,55-,56+,57-,58-,59+,60+/m1/s1. The van der Waals surface area contributed by atoms with Crippen molar-refractivity contribution in [2.24, 2.45) is 0 Å². The summed E-state index contributed by atoms with van der Waals surface area (Å²) in [6.45, 7) is 7.94. The fourth-order valence-electron chi connectivity index (χ4n) is 9.95. The molecule has 2 fully saturated rings. The molecule has 12 heteroatoms. The molecule has 2 heterocycles. The van der Waals surface area contributed by atoms with Crippen LogP contribution < -0.4 is 9.47 Å². The summed E-state index contributed by atoms with van der Waals surface area (Å²) >= 11 is 0. The number of hydrogen-bond acceptors (Lipinski definition) is 12. The van der Waals surface area contributed by atoms with Crippen LogP contribution in [0.1, 0.15) is 27.8 Å². The van der Waals surface area contributed by atoms with Gasteiger partial charge in [-0.1, -0.05) is 164 Å². The second kappa shape index (κ2) is 24.6. The summed E-state index contributed by atoms with van der Waals surface area (Å²) in [6, 6.07) is 53.5. The molecule has 2 saturated heterocycles. The Morgan fingerprint density at radius 3 is 1.57 bits per heavy atom. The van der Waals surface area contributed by atoms with E-state index in [1.807, 2.05) is 152 Å². The van der Waals surface area contributed by atoms with E-state index in [2.05, 4.69) is 13.2 Å². The third kappa shape index (κ3) is 12.1. The summed E-state index contributed by atoms with van der Waals surface area (Å²) in [5, 5.41) is 55.0. The molecule has 2 aliphatic heterocycles. The van der Waals surface area contributed by atoms with Gasteiger partial charge in [0.05, 0.1) is 33.0 Å². The van der Waals surface area contributed by atoms with Gasteiger partial charge in [0.1, 0.15) is 59.8 Å². The Balaban J connectivity index is 1.31.